The molecule has 0 heterocycles. The van der Waals surface area contributed by atoms with E-state index in [1.165, 1.54) is 6.26 Å². The molecule has 0 bridgehead atoms. The lowest BCUT2D eigenvalue weighted by atomic mass is 10.1. The summed E-state index contributed by atoms with van der Waals surface area (Å²) < 4.78 is 22.5. The summed E-state index contributed by atoms with van der Waals surface area (Å²) in [6.07, 6.45) is 2.29. The van der Waals surface area contributed by atoms with Gasteiger partial charge in [-0.25, -0.2) is 13.4 Å². The Morgan fingerprint density at radius 2 is 1.71 bits per heavy atom. The molecular weight excluding hydrogens is 286 g/mol. The van der Waals surface area contributed by atoms with Gasteiger partial charge >= 0.3 is 0 Å². The highest BCUT2D eigenvalue weighted by molar-refractivity contribution is 7.89. The Balaban J connectivity index is 2.65. The van der Waals surface area contributed by atoms with Crippen molar-refractivity contribution < 1.29 is 8.42 Å². The summed E-state index contributed by atoms with van der Waals surface area (Å²) >= 11 is 0. The van der Waals surface area contributed by atoms with Crippen molar-refractivity contribution in [1.29, 1.82) is 0 Å². The van der Waals surface area contributed by atoms with E-state index in [0.717, 1.165) is 36.6 Å². The first-order valence-electron chi connectivity index (χ1n) is 7.22. The Labute approximate surface area is 127 Å². The molecular formula is C15H25N3O2S. The molecule has 1 aromatic carbocycles. The minimum Gasteiger partial charge on any atom is -0.357 e. The van der Waals surface area contributed by atoms with Gasteiger partial charge in [-0.3, -0.25) is 0 Å². The van der Waals surface area contributed by atoms with Crippen LogP contribution in [0.4, 0.5) is 0 Å². The molecule has 0 amide bonds. The molecule has 0 aliphatic heterocycles. The zero-order valence-corrected chi connectivity index (χ0v) is 13.8. The Hall–Kier alpha value is -1.56. The molecule has 0 saturated heterocycles. The van der Waals surface area contributed by atoms with Gasteiger partial charge in [0.15, 0.2) is 15.8 Å². The number of guanidine groups is 1. The lowest BCUT2D eigenvalue weighted by molar-refractivity contribution is 0.601. The topological polar surface area (TPSA) is 70.6 Å². The third-order valence-corrected chi connectivity index (χ3v) is 3.62. The quantitative estimate of drug-likeness (QED) is 0.594. The second-order valence-corrected chi connectivity index (χ2v) is 7.15. The van der Waals surface area contributed by atoms with E-state index in [2.05, 4.69) is 22.5 Å². The average Bonchev–Trinajstić information content (AvgIpc) is 2.42. The van der Waals surface area contributed by atoms with Crippen molar-refractivity contribution >= 4 is 15.8 Å². The molecule has 21 heavy (non-hydrogen) atoms. The zero-order valence-electron chi connectivity index (χ0n) is 13.0. The van der Waals surface area contributed by atoms with E-state index in [0.29, 0.717) is 6.54 Å². The fourth-order valence-corrected chi connectivity index (χ4v) is 2.60. The number of rotatable bonds is 7. The monoisotopic (exact) mass is 311 g/mol. The molecule has 2 N–H and O–H groups in total. The Kier molecular flexibility index (Phi) is 7.22. The molecule has 0 unspecified atom stereocenters. The first kappa shape index (κ1) is 17.5. The predicted octanol–water partition coefficient (Wildman–Crippen LogP) is 1.70. The highest BCUT2D eigenvalue weighted by atomic mass is 32.2. The Morgan fingerprint density at radius 3 is 2.24 bits per heavy atom. The van der Waals surface area contributed by atoms with Crippen LogP contribution in [0.3, 0.4) is 0 Å². The van der Waals surface area contributed by atoms with Gasteiger partial charge in [0.05, 0.1) is 12.3 Å². The first-order chi connectivity index (χ1) is 9.94. The van der Waals surface area contributed by atoms with E-state index in [1.54, 1.807) is 0 Å². The van der Waals surface area contributed by atoms with Gasteiger partial charge in [-0.1, -0.05) is 31.2 Å². The van der Waals surface area contributed by atoms with Crippen molar-refractivity contribution in [2.75, 3.05) is 19.3 Å². The van der Waals surface area contributed by atoms with Crippen LogP contribution in [-0.4, -0.2) is 33.7 Å². The summed E-state index contributed by atoms with van der Waals surface area (Å²) in [5.74, 6) is 0.886. The van der Waals surface area contributed by atoms with Crippen molar-refractivity contribution in [3.05, 3.63) is 35.4 Å². The average molecular weight is 311 g/mol. The largest absolute Gasteiger partial charge is 0.357 e. The van der Waals surface area contributed by atoms with E-state index >= 15 is 0 Å². The fourth-order valence-electron chi connectivity index (χ4n) is 1.80. The molecule has 0 atom stereocenters. The van der Waals surface area contributed by atoms with Gasteiger partial charge in [-0.05, 0) is 24.5 Å². The van der Waals surface area contributed by atoms with Gasteiger partial charge in [0.2, 0.25) is 0 Å². The zero-order chi connectivity index (χ0) is 15.7. The molecule has 6 heteroatoms. The van der Waals surface area contributed by atoms with Gasteiger partial charge < -0.3 is 10.6 Å². The molecule has 0 radical (unpaired) electrons. The summed E-state index contributed by atoms with van der Waals surface area (Å²) in [6, 6.07) is 7.54. The smallest absolute Gasteiger partial charge is 0.191 e. The molecule has 1 aromatic rings. The second-order valence-electron chi connectivity index (χ2n) is 5.01. The van der Waals surface area contributed by atoms with Crippen molar-refractivity contribution in [2.45, 2.75) is 32.6 Å². The molecule has 5 nitrogen and oxygen atoms in total. The van der Waals surface area contributed by atoms with E-state index in [1.807, 2.05) is 31.2 Å². The maximum Gasteiger partial charge on any atom is 0.191 e. The number of hydrogen-bond acceptors (Lipinski definition) is 3. The molecule has 0 aliphatic rings. The first-order valence-corrected chi connectivity index (χ1v) is 9.28. The molecule has 0 saturated carbocycles. The van der Waals surface area contributed by atoms with Gasteiger partial charge in [0.25, 0.3) is 0 Å². The number of sulfone groups is 1. The van der Waals surface area contributed by atoms with Crippen LogP contribution in [0, 0.1) is 0 Å². The van der Waals surface area contributed by atoms with Crippen LogP contribution in [0.25, 0.3) is 0 Å². The number of aliphatic imine (C=N–C) groups is 1. The highest BCUT2D eigenvalue weighted by Gasteiger charge is 2.04. The van der Waals surface area contributed by atoms with Crippen LogP contribution in [0.1, 0.15) is 31.4 Å². The number of nitrogens with zero attached hydrogens (tertiary/aromatic N) is 1. The van der Waals surface area contributed by atoms with Crippen LogP contribution in [0.2, 0.25) is 0 Å². The number of nitrogens with one attached hydrogen (secondary N) is 2. The maximum atomic E-state index is 11.2. The lowest BCUT2D eigenvalue weighted by Crippen LogP contribution is -2.37. The van der Waals surface area contributed by atoms with Crippen LogP contribution in [0.15, 0.2) is 29.3 Å². The lowest BCUT2D eigenvalue weighted by Gasteiger charge is -2.10. The Bertz CT molecular complexity index is 551. The molecule has 0 aliphatic carbocycles. The molecule has 0 aromatic heterocycles. The molecule has 0 spiro atoms. The number of hydrogen-bond donors (Lipinski definition) is 2. The number of benzene rings is 1. The maximum absolute atomic E-state index is 11.2. The van der Waals surface area contributed by atoms with E-state index < -0.39 is 9.84 Å². The van der Waals surface area contributed by atoms with Crippen molar-refractivity contribution in [1.82, 2.24) is 10.6 Å². The fraction of sp³-hybridized carbons (Fsp3) is 0.533. The summed E-state index contributed by atoms with van der Waals surface area (Å²) in [7, 11) is -2.98. The van der Waals surface area contributed by atoms with Gasteiger partial charge in [-0.15, -0.1) is 0 Å². The van der Waals surface area contributed by atoms with E-state index in [9.17, 15) is 8.42 Å². The summed E-state index contributed by atoms with van der Waals surface area (Å²) in [6.45, 7) is 6.42. The third-order valence-electron chi connectivity index (χ3n) is 2.76. The molecule has 0 fully saturated rings. The molecule has 1 rings (SSSR count). The minimum atomic E-state index is -2.98. The van der Waals surface area contributed by atoms with Crippen molar-refractivity contribution in [3.63, 3.8) is 0 Å². The van der Waals surface area contributed by atoms with Gasteiger partial charge in [0, 0.05) is 19.3 Å². The van der Waals surface area contributed by atoms with Crippen LogP contribution in [0.5, 0.6) is 0 Å². The van der Waals surface area contributed by atoms with Crippen LogP contribution in [-0.2, 0) is 22.1 Å². The van der Waals surface area contributed by atoms with E-state index in [4.69, 9.17) is 0 Å². The minimum absolute atomic E-state index is 0.0806. The summed E-state index contributed by atoms with van der Waals surface area (Å²) in [5, 5.41) is 6.43. The Morgan fingerprint density at radius 1 is 1.10 bits per heavy atom. The van der Waals surface area contributed by atoms with Crippen LogP contribution < -0.4 is 10.6 Å². The van der Waals surface area contributed by atoms with Crippen molar-refractivity contribution in [3.8, 4) is 0 Å². The summed E-state index contributed by atoms with van der Waals surface area (Å²) in [4.78, 5) is 4.50. The summed E-state index contributed by atoms with van der Waals surface area (Å²) in [5.41, 5.74) is 1.86. The SMILES string of the molecule is CCCNC(=NCc1ccc(CS(C)(=O)=O)cc1)NCC. The van der Waals surface area contributed by atoms with Crippen molar-refractivity contribution in [2.24, 2.45) is 4.99 Å². The standard InChI is InChI=1S/C15H25N3O2S/c1-4-10-17-15(16-5-2)18-11-13-6-8-14(9-7-13)12-21(3,19)20/h6-9H,4-5,10-12H2,1-3H3,(H2,16,17,18). The highest BCUT2D eigenvalue weighted by Crippen LogP contribution is 2.08. The van der Waals surface area contributed by atoms with Crippen LogP contribution >= 0.6 is 0 Å². The van der Waals surface area contributed by atoms with E-state index in [-0.39, 0.29) is 5.75 Å². The predicted molar refractivity (Wildman–Crippen MR) is 88.1 cm³/mol. The second kappa shape index (κ2) is 8.67. The molecule has 118 valence electrons. The third kappa shape index (κ3) is 7.70. The van der Waals surface area contributed by atoms with Gasteiger partial charge in [0.1, 0.15) is 0 Å². The van der Waals surface area contributed by atoms with Gasteiger partial charge in [-0.2, -0.15) is 0 Å². The normalized spacial score (nSPS) is 12.2.